The third-order valence-corrected chi connectivity index (χ3v) is 12.6. The molecule has 6 aliphatic rings. The highest BCUT2D eigenvalue weighted by Crippen LogP contribution is 2.50. The zero-order chi connectivity index (χ0) is 39.9. The molecule has 0 radical (unpaired) electrons. The molecule has 6 aliphatic heterocycles. The van der Waals surface area contributed by atoms with Gasteiger partial charge in [-0.15, -0.1) is 0 Å². The Balaban J connectivity index is 0.720. The Hall–Kier alpha value is -6.59. The van der Waals surface area contributed by atoms with Crippen molar-refractivity contribution in [1.82, 2.24) is 39.8 Å². The lowest BCUT2D eigenvalue weighted by Crippen LogP contribution is -2.70. The summed E-state index contributed by atoms with van der Waals surface area (Å²) in [5.74, 6) is 0.341. The van der Waals surface area contributed by atoms with Crippen LogP contribution in [0.1, 0.15) is 52.4 Å². The largest absolute Gasteiger partial charge is 0.457 e. The van der Waals surface area contributed by atoms with E-state index in [2.05, 4.69) is 30.0 Å². The number of nitrogens with one attached hydrogen (secondary N) is 1. The quantitative estimate of drug-likeness (QED) is 0.218. The SMILES string of the molecule is Nc1ncnc2c1c(-c1ccc(Oc3ccccc3)cc1)nn2C1CCN(C2CN(C3CN(c4cc5c(c6c4OCO6)C(=O)N(C4CCC(=O)NC4=O)C5=O)C3)C2)CC1. The highest BCUT2D eigenvalue weighted by molar-refractivity contribution is 6.25. The van der Waals surface area contributed by atoms with Crippen molar-refractivity contribution in [2.45, 2.75) is 49.9 Å². The third kappa shape index (κ3) is 5.86. The van der Waals surface area contributed by atoms with Gasteiger partial charge in [0.15, 0.2) is 17.1 Å². The number of imide groups is 2. The number of hydrogen-bond acceptors (Lipinski definition) is 14. The van der Waals surface area contributed by atoms with Gasteiger partial charge in [-0.05, 0) is 61.7 Å². The summed E-state index contributed by atoms with van der Waals surface area (Å²) < 4.78 is 19.6. The van der Waals surface area contributed by atoms with Crippen LogP contribution in [0.2, 0.25) is 0 Å². The molecular formula is C42H40N10O7. The van der Waals surface area contributed by atoms with Crippen LogP contribution in [0.3, 0.4) is 0 Å². The second-order valence-electron chi connectivity index (χ2n) is 16.0. The molecule has 1 unspecified atom stereocenters. The van der Waals surface area contributed by atoms with E-state index in [0.29, 0.717) is 29.3 Å². The Morgan fingerprint density at radius 2 is 1.51 bits per heavy atom. The van der Waals surface area contributed by atoms with Gasteiger partial charge < -0.3 is 24.8 Å². The molecule has 17 nitrogen and oxygen atoms in total. The third-order valence-electron chi connectivity index (χ3n) is 12.6. The van der Waals surface area contributed by atoms with Gasteiger partial charge in [0, 0.05) is 63.3 Å². The summed E-state index contributed by atoms with van der Waals surface area (Å²) in [4.78, 5) is 68.6. The zero-order valence-corrected chi connectivity index (χ0v) is 32.0. The van der Waals surface area contributed by atoms with Gasteiger partial charge in [0.05, 0.1) is 28.2 Å². The summed E-state index contributed by atoms with van der Waals surface area (Å²) in [6, 6.07) is 19.1. The predicted molar refractivity (Wildman–Crippen MR) is 212 cm³/mol. The smallest absolute Gasteiger partial charge is 0.266 e. The van der Waals surface area contributed by atoms with Crippen LogP contribution in [0.25, 0.3) is 22.3 Å². The number of ether oxygens (including phenoxy) is 3. The van der Waals surface area contributed by atoms with Gasteiger partial charge in [-0.25, -0.2) is 14.6 Å². The van der Waals surface area contributed by atoms with Crippen molar-refractivity contribution in [2.24, 2.45) is 0 Å². The van der Waals surface area contributed by atoms with Crippen LogP contribution >= 0.6 is 0 Å². The Labute approximate surface area is 337 Å². The van der Waals surface area contributed by atoms with Gasteiger partial charge >= 0.3 is 0 Å². The summed E-state index contributed by atoms with van der Waals surface area (Å²) in [5, 5.41) is 8.11. The number of aromatic nitrogens is 4. The first-order valence-corrected chi connectivity index (χ1v) is 20.0. The second kappa shape index (κ2) is 13.8. The number of piperidine rings is 2. The number of nitrogen functional groups attached to an aromatic ring is 1. The summed E-state index contributed by atoms with van der Waals surface area (Å²) >= 11 is 0. The molecule has 0 spiro atoms. The minimum absolute atomic E-state index is 0.0518. The maximum Gasteiger partial charge on any atom is 0.266 e. The van der Waals surface area contributed by atoms with Crippen molar-refractivity contribution in [2.75, 3.05) is 56.7 Å². The molecule has 8 heterocycles. The molecule has 4 saturated heterocycles. The van der Waals surface area contributed by atoms with Crippen LogP contribution in [-0.4, -0.2) is 122 Å². The van der Waals surface area contributed by atoms with E-state index in [1.165, 1.54) is 6.33 Å². The van der Waals surface area contributed by atoms with Gasteiger partial charge in [-0.1, -0.05) is 18.2 Å². The summed E-state index contributed by atoms with van der Waals surface area (Å²) in [7, 11) is 0. The molecule has 3 N–H and O–H groups in total. The van der Waals surface area contributed by atoms with Gasteiger partial charge in [0.1, 0.15) is 35.4 Å². The van der Waals surface area contributed by atoms with E-state index < -0.39 is 29.7 Å². The van der Waals surface area contributed by atoms with Gasteiger partial charge in [0.2, 0.25) is 18.6 Å². The number of nitrogens with two attached hydrogens (primary N) is 1. The normalized spacial score (nSPS) is 21.5. The number of hydrogen-bond donors (Lipinski definition) is 2. The summed E-state index contributed by atoms with van der Waals surface area (Å²) in [6.45, 7) is 5.26. The number of likely N-dealkylation sites (tertiary alicyclic amines) is 2. The standard InChI is InChI=1S/C42H40N10O7/c43-38-34-35(23-6-8-28(9-7-23)59-27-4-2-1-3-5-27)47-52(39(34)45-21-44-38)24-12-14-48(15-13-24)25-17-49(18-25)26-19-50(20-26)31-16-29-33(37-36(31)57-22-58-37)42(56)51(41(29)55)30-10-11-32(53)46-40(30)54/h1-9,16,21,24-26,30H,10-15,17-20,22H2,(H2,43,44,45)(H,46,53,54). The Morgan fingerprint density at radius 3 is 2.27 bits per heavy atom. The number of para-hydroxylation sites is 1. The fraction of sp³-hybridized carbons (Fsp3) is 0.357. The number of rotatable bonds is 8. The monoisotopic (exact) mass is 796 g/mol. The van der Waals surface area contributed by atoms with Crippen LogP contribution in [0.5, 0.6) is 23.0 Å². The predicted octanol–water partition coefficient (Wildman–Crippen LogP) is 3.21. The molecule has 300 valence electrons. The van der Waals surface area contributed by atoms with Crippen LogP contribution in [0.4, 0.5) is 11.5 Å². The Bertz CT molecular complexity index is 2540. The summed E-state index contributed by atoms with van der Waals surface area (Å²) in [6.07, 6.45) is 3.51. The van der Waals surface area contributed by atoms with Crippen molar-refractivity contribution in [3.8, 4) is 34.3 Å². The minimum Gasteiger partial charge on any atom is -0.457 e. The molecule has 17 heteroatoms. The second-order valence-corrected chi connectivity index (χ2v) is 16.0. The highest BCUT2D eigenvalue weighted by atomic mass is 16.7. The van der Waals surface area contributed by atoms with Crippen LogP contribution in [0.15, 0.2) is 67.0 Å². The van der Waals surface area contributed by atoms with Crippen molar-refractivity contribution in [1.29, 1.82) is 0 Å². The van der Waals surface area contributed by atoms with Crippen molar-refractivity contribution >= 4 is 46.2 Å². The highest BCUT2D eigenvalue weighted by Gasteiger charge is 2.50. The lowest BCUT2D eigenvalue weighted by Gasteiger charge is -2.55. The number of carbonyl (C=O) groups is 4. The first-order chi connectivity index (χ1) is 28.8. The van der Waals surface area contributed by atoms with E-state index in [1.807, 2.05) is 59.3 Å². The van der Waals surface area contributed by atoms with Crippen molar-refractivity contribution in [3.63, 3.8) is 0 Å². The molecule has 0 saturated carbocycles. The lowest BCUT2D eigenvalue weighted by atomic mass is 9.95. The fourth-order valence-electron chi connectivity index (χ4n) is 9.37. The van der Waals surface area contributed by atoms with Crippen molar-refractivity contribution < 1.29 is 33.4 Å². The van der Waals surface area contributed by atoms with Gasteiger partial charge in [-0.3, -0.25) is 39.2 Å². The average Bonchev–Trinajstić information content (AvgIpc) is 3.92. The maximum atomic E-state index is 13.6. The molecule has 5 aromatic rings. The van der Waals surface area contributed by atoms with E-state index in [-0.39, 0.29) is 42.6 Å². The van der Waals surface area contributed by atoms with Crippen LogP contribution in [0, 0.1) is 0 Å². The Morgan fingerprint density at radius 1 is 0.780 bits per heavy atom. The molecule has 4 amide bonds. The average molecular weight is 797 g/mol. The maximum absolute atomic E-state index is 13.6. The minimum atomic E-state index is -1.05. The van der Waals surface area contributed by atoms with E-state index in [0.717, 1.165) is 90.8 Å². The number of fused-ring (bicyclic) bond motifs is 4. The first-order valence-electron chi connectivity index (χ1n) is 20.0. The number of amides is 4. The van der Waals surface area contributed by atoms with Gasteiger partial charge in [0.25, 0.3) is 11.8 Å². The van der Waals surface area contributed by atoms with Gasteiger partial charge in [-0.2, -0.15) is 5.10 Å². The first kappa shape index (κ1) is 35.6. The number of nitrogens with zero attached hydrogens (tertiary/aromatic N) is 8. The molecular weight excluding hydrogens is 757 g/mol. The Kier molecular flexibility index (Phi) is 8.30. The molecule has 2 aromatic heterocycles. The molecule has 0 aliphatic carbocycles. The molecule has 59 heavy (non-hydrogen) atoms. The number of carbonyl (C=O) groups excluding carboxylic acids is 4. The van der Waals surface area contributed by atoms with E-state index in [1.54, 1.807) is 6.07 Å². The topological polar surface area (TPSA) is 191 Å². The fourth-order valence-corrected chi connectivity index (χ4v) is 9.37. The molecule has 4 fully saturated rings. The van der Waals surface area contributed by atoms with E-state index in [4.69, 9.17) is 25.0 Å². The van der Waals surface area contributed by atoms with Crippen LogP contribution in [-0.2, 0) is 9.59 Å². The lowest BCUT2D eigenvalue weighted by molar-refractivity contribution is -0.136. The zero-order valence-electron chi connectivity index (χ0n) is 32.0. The number of anilines is 2. The van der Waals surface area contributed by atoms with E-state index >= 15 is 0 Å². The molecule has 3 aromatic carbocycles. The molecule has 0 bridgehead atoms. The van der Waals surface area contributed by atoms with Crippen molar-refractivity contribution in [3.05, 3.63) is 78.1 Å². The molecule has 1 atom stereocenters. The molecule has 11 rings (SSSR count). The number of benzene rings is 3. The van der Waals surface area contributed by atoms with Crippen LogP contribution < -0.4 is 30.2 Å². The summed E-state index contributed by atoms with van der Waals surface area (Å²) in [5.41, 5.74) is 9.86. The van der Waals surface area contributed by atoms with E-state index in [9.17, 15) is 19.2 Å².